The lowest BCUT2D eigenvalue weighted by Gasteiger charge is -2.34. The van der Waals surface area contributed by atoms with Gasteiger partial charge in [0.25, 0.3) is 0 Å². The zero-order chi connectivity index (χ0) is 18.5. The van der Waals surface area contributed by atoms with Crippen LogP contribution in [0, 0.1) is 17.2 Å². The van der Waals surface area contributed by atoms with Gasteiger partial charge in [-0.3, -0.25) is 9.69 Å². The quantitative estimate of drug-likeness (QED) is 0.779. The number of hydrogen-bond donors (Lipinski definition) is 1. The molecule has 24 heavy (non-hydrogen) atoms. The Morgan fingerprint density at radius 2 is 2.08 bits per heavy atom. The van der Waals surface area contributed by atoms with E-state index in [1.165, 1.54) is 4.90 Å². The van der Waals surface area contributed by atoms with E-state index in [1.807, 2.05) is 26.0 Å². The van der Waals surface area contributed by atoms with Crippen LogP contribution in [0.15, 0.2) is 12.2 Å². The highest BCUT2D eigenvalue weighted by Gasteiger charge is 2.48. The van der Waals surface area contributed by atoms with Gasteiger partial charge in [-0.25, -0.2) is 4.79 Å². The molecular weight excluding hydrogens is 306 g/mol. The normalized spacial score (nSPS) is 25.5. The zero-order valence-corrected chi connectivity index (χ0v) is 15.3. The molecule has 1 heterocycles. The first kappa shape index (κ1) is 20.2. The number of amides is 1. The van der Waals surface area contributed by atoms with Crippen molar-refractivity contribution < 1.29 is 14.3 Å². The van der Waals surface area contributed by atoms with Crippen molar-refractivity contribution in [3.63, 3.8) is 0 Å². The smallest absolute Gasteiger partial charge is 0.411 e. The van der Waals surface area contributed by atoms with Gasteiger partial charge in [0.15, 0.2) is 5.78 Å². The molecule has 0 spiro atoms. The maximum Gasteiger partial charge on any atom is 0.411 e. The summed E-state index contributed by atoms with van der Waals surface area (Å²) in [6.45, 7) is 9.08. The summed E-state index contributed by atoms with van der Waals surface area (Å²) in [5.41, 5.74) is 5.51. The maximum absolute atomic E-state index is 12.6. The monoisotopic (exact) mass is 335 g/mol. The van der Waals surface area contributed by atoms with Gasteiger partial charge in [0.05, 0.1) is 18.2 Å². The average molecular weight is 335 g/mol. The van der Waals surface area contributed by atoms with Crippen LogP contribution >= 0.6 is 0 Å². The molecule has 0 aromatic rings. The number of ketones is 1. The molecule has 0 bridgehead atoms. The number of nitriles is 1. The second-order valence-corrected chi connectivity index (χ2v) is 7.19. The topological polar surface area (TPSA) is 96.4 Å². The summed E-state index contributed by atoms with van der Waals surface area (Å²) in [6.07, 6.45) is 4.70. The maximum atomic E-state index is 12.6. The van der Waals surface area contributed by atoms with Crippen molar-refractivity contribution >= 4 is 11.9 Å². The summed E-state index contributed by atoms with van der Waals surface area (Å²) in [6, 6.07) is 0.124. The van der Waals surface area contributed by atoms with Crippen LogP contribution in [0.3, 0.4) is 0 Å². The first-order valence-corrected chi connectivity index (χ1v) is 8.48. The third kappa shape index (κ3) is 4.81. The number of ether oxygens (including phenoxy) is 1. The minimum atomic E-state index is -0.822. The molecule has 1 amide bonds. The lowest BCUT2D eigenvalue weighted by atomic mass is 9.90. The zero-order valence-electron chi connectivity index (χ0n) is 15.3. The van der Waals surface area contributed by atoms with Crippen LogP contribution in [-0.2, 0) is 9.53 Å². The Morgan fingerprint density at radius 1 is 1.46 bits per heavy atom. The molecule has 134 valence electrons. The van der Waals surface area contributed by atoms with Crippen LogP contribution in [0.25, 0.3) is 0 Å². The van der Waals surface area contributed by atoms with Gasteiger partial charge in [-0.2, -0.15) is 5.26 Å². The molecule has 0 saturated carbocycles. The largest absolute Gasteiger partial charge is 0.444 e. The number of carbonyl (C=O) groups is 2. The fourth-order valence-corrected chi connectivity index (χ4v) is 3.09. The molecule has 0 unspecified atom stereocenters. The summed E-state index contributed by atoms with van der Waals surface area (Å²) in [7, 11) is 0. The van der Waals surface area contributed by atoms with Crippen molar-refractivity contribution in [1.82, 2.24) is 4.90 Å². The summed E-state index contributed by atoms with van der Waals surface area (Å²) >= 11 is 0. The summed E-state index contributed by atoms with van der Waals surface area (Å²) in [5, 5.41) is 9.46. The second-order valence-electron chi connectivity index (χ2n) is 7.19. The molecule has 1 rings (SSSR count). The molecule has 1 saturated heterocycles. The summed E-state index contributed by atoms with van der Waals surface area (Å²) < 4.78 is 5.45. The van der Waals surface area contributed by atoms with E-state index in [9.17, 15) is 14.9 Å². The minimum absolute atomic E-state index is 0.0934. The van der Waals surface area contributed by atoms with Gasteiger partial charge in [-0.05, 0) is 40.5 Å². The van der Waals surface area contributed by atoms with E-state index in [4.69, 9.17) is 10.5 Å². The highest BCUT2D eigenvalue weighted by Crippen LogP contribution is 2.34. The molecule has 0 aromatic heterocycles. The Bertz CT molecular complexity index is 531. The van der Waals surface area contributed by atoms with E-state index in [2.05, 4.69) is 6.07 Å². The minimum Gasteiger partial charge on any atom is -0.444 e. The molecule has 6 heteroatoms. The van der Waals surface area contributed by atoms with Crippen LogP contribution in [0.5, 0.6) is 0 Å². The van der Waals surface area contributed by atoms with E-state index in [0.29, 0.717) is 19.3 Å². The van der Waals surface area contributed by atoms with Crippen LogP contribution in [0.4, 0.5) is 4.79 Å². The number of nitrogens with zero attached hydrogens (tertiary/aromatic N) is 2. The van der Waals surface area contributed by atoms with Crippen molar-refractivity contribution in [2.75, 3.05) is 0 Å². The number of hydrogen-bond acceptors (Lipinski definition) is 5. The lowest BCUT2D eigenvalue weighted by Crippen LogP contribution is -2.55. The van der Waals surface area contributed by atoms with E-state index in [0.717, 1.165) is 0 Å². The van der Waals surface area contributed by atoms with E-state index in [1.54, 1.807) is 20.8 Å². The van der Waals surface area contributed by atoms with Crippen LogP contribution in [0.2, 0.25) is 0 Å². The third-order valence-electron chi connectivity index (χ3n) is 4.02. The summed E-state index contributed by atoms with van der Waals surface area (Å²) in [4.78, 5) is 26.3. The van der Waals surface area contributed by atoms with Crippen LogP contribution < -0.4 is 5.73 Å². The van der Waals surface area contributed by atoms with Gasteiger partial charge in [0.2, 0.25) is 0 Å². The Hall–Kier alpha value is -1.87. The average Bonchev–Trinajstić information content (AvgIpc) is 2.84. The van der Waals surface area contributed by atoms with Crippen LogP contribution in [-0.4, -0.2) is 40.5 Å². The number of rotatable bonds is 5. The Morgan fingerprint density at radius 3 is 2.54 bits per heavy atom. The highest BCUT2D eigenvalue weighted by molar-refractivity contribution is 5.85. The van der Waals surface area contributed by atoms with Gasteiger partial charge < -0.3 is 10.5 Å². The highest BCUT2D eigenvalue weighted by atomic mass is 16.6. The molecule has 0 radical (unpaired) electrons. The number of likely N-dealkylation sites (tertiary alicyclic amines) is 1. The van der Waals surface area contributed by atoms with Gasteiger partial charge >= 0.3 is 6.09 Å². The molecule has 4 atom stereocenters. The van der Waals surface area contributed by atoms with Crippen molar-refractivity contribution in [1.29, 1.82) is 5.26 Å². The first-order valence-electron chi connectivity index (χ1n) is 8.48. The molecule has 1 aliphatic rings. The molecule has 0 aromatic carbocycles. The van der Waals surface area contributed by atoms with Gasteiger partial charge in [0.1, 0.15) is 11.6 Å². The standard InChI is InChI=1S/C18H29N3O3/c1-6-8-12-10-13(11-19)21(17(23)24-18(3,4)5)16(12)15(20)14(22)9-7-2/h6,8,12-13,15-16H,7,9-10,20H2,1-5H3/b8-6-/t12-,13-,15+,16-/m1/s1. The predicted octanol–water partition coefficient (Wildman–Crippen LogP) is 2.78. The van der Waals surface area contributed by atoms with E-state index < -0.39 is 29.8 Å². The molecule has 2 N–H and O–H groups in total. The van der Waals surface area contributed by atoms with Crippen LogP contribution in [0.1, 0.15) is 53.9 Å². The molecule has 1 fully saturated rings. The van der Waals surface area contributed by atoms with Gasteiger partial charge in [-0.1, -0.05) is 19.1 Å². The summed E-state index contributed by atoms with van der Waals surface area (Å²) in [5.74, 6) is -0.230. The van der Waals surface area contributed by atoms with E-state index in [-0.39, 0.29) is 11.7 Å². The second kappa shape index (κ2) is 8.29. The number of allylic oxidation sites excluding steroid dienone is 1. The molecule has 6 nitrogen and oxygen atoms in total. The third-order valence-corrected chi connectivity index (χ3v) is 4.02. The molecule has 1 aliphatic heterocycles. The Kier molecular flexibility index (Phi) is 6.97. The molecule has 0 aliphatic carbocycles. The SMILES string of the molecule is C/C=C\[C@@H]1C[C@H](C#N)N(C(=O)OC(C)(C)C)[C@H]1[C@@H](N)C(=O)CCC. The number of Topliss-reactive ketones (excluding diaryl/α,β-unsaturated/α-hetero) is 1. The number of carbonyl (C=O) groups excluding carboxylic acids is 2. The van der Waals surface area contributed by atoms with Crippen molar-refractivity contribution in [3.8, 4) is 6.07 Å². The van der Waals surface area contributed by atoms with E-state index >= 15 is 0 Å². The molecular formula is C18H29N3O3. The van der Waals surface area contributed by atoms with Gasteiger partial charge in [-0.15, -0.1) is 0 Å². The Labute approximate surface area is 144 Å². The van der Waals surface area contributed by atoms with Crippen molar-refractivity contribution in [3.05, 3.63) is 12.2 Å². The van der Waals surface area contributed by atoms with Gasteiger partial charge in [0, 0.05) is 12.3 Å². The fraction of sp³-hybridized carbons (Fsp3) is 0.722. The first-order chi connectivity index (χ1) is 11.2. The Balaban J connectivity index is 3.19. The number of nitrogens with two attached hydrogens (primary N) is 1. The van der Waals surface area contributed by atoms with Crippen molar-refractivity contribution in [2.24, 2.45) is 11.7 Å². The predicted molar refractivity (Wildman–Crippen MR) is 92.1 cm³/mol. The fourth-order valence-electron chi connectivity index (χ4n) is 3.09. The van der Waals surface area contributed by atoms with Crippen molar-refractivity contribution in [2.45, 2.75) is 77.6 Å². The lowest BCUT2D eigenvalue weighted by molar-refractivity contribution is -0.121.